The molecule has 0 saturated heterocycles. The lowest BCUT2D eigenvalue weighted by atomic mass is 10.2. The molecule has 2 rings (SSSR count). The number of carboxylic acids is 1. The highest BCUT2D eigenvalue weighted by Crippen LogP contribution is 2.07. The molecule has 2 N–H and O–H groups in total. The number of aromatic nitrogens is 2. The van der Waals surface area contributed by atoms with Crippen LogP contribution in [0.2, 0.25) is 0 Å². The lowest BCUT2D eigenvalue weighted by Gasteiger charge is -2.01. The van der Waals surface area contributed by atoms with Crippen LogP contribution in [-0.2, 0) is 13.5 Å². The number of carbonyl (C=O) groups is 2. The van der Waals surface area contributed by atoms with Gasteiger partial charge in [0.05, 0.1) is 6.20 Å². The summed E-state index contributed by atoms with van der Waals surface area (Å²) >= 11 is 0. The van der Waals surface area contributed by atoms with Crippen molar-refractivity contribution in [2.45, 2.75) is 6.42 Å². The Morgan fingerprint density at radius 2 is 2.16 bits per heavy atom. The van der Waals surface area contributed by atoms with Crippen molar-refractivity contribution in [3.63, 3.8) is 0 Å². The van der Waals surface area contributed by atoms with Crippen LogP contribution < -0.4 is 5.32 Å². The molecule has 0 aromatic carbocycles. The van der Waals surface area contributed by atoms with Crippen molar-refractivity contribution in [1.29, 1.82) is 0 Å². The summed E-state index contributed by atoms with van der Waals surface area (Å²) in [6.07, 6.45) is 4.23. The maximum Gasteiger partial charge on any atom is 0.371 e. The minimum absolute atomic E-state index is 0.0106. The summed E-state index contributed by atoms with van der Waals surface area (Å²) in [4.78, 5) is 22.3. The van der Waals surface area contributed by atoms with Gasteiger partial charge in [-0.3, -0.25) is 9.48 Å². The maximum absolute atomic E-state index is 11.7. The third-order valence-electron chi connectivity index (χ3n) is 2.50. The maximum atomic E-state index is 11.7. The zero-order valence-corrected chi connectivity index (χ0v) is 10.3. The highest BCUT2D eigenvalue weighted by atomic mass is 16.4. The third-order valence-corrected chi connectivity index (χ3v) is 2.50. The molecule has 0 bridgehead atoms. The first-order valence-electron chi connectivity index (χ1n) is 5.65. The average Bonchev–Trinajstić information content (AvgIpc) is 2.98. The Morgan fingerprint density at radius 1 is 1.42 bits per heavy atom. The summed E-state index contributed by atoms with van der Waals surface area (Å²) in [6, 6.07) is 2.58. The van der Waals surface area contributed by atoms with E-state index in [0.717, 1.165) is 5.56 Å². The first-order valence-corrected chi connectivity index (χ1v) is 5.65. The summed E-state index contributed by atoms with van der Waals surface area (Å²) < 4.78 is 6.57. The van der Waals surface area contributed by atoms with Crippen LogP contribution >= 0.6 is 0 Å². The normalized spacial score (nSPS) is 10.4. The van der Waals surface area contributed by atoms with Crippen molar-refractivity contribution in [2.75, 3.05) is 6.54 Å². The van der Waals surface area contributed by atoms with Crippen molar-refractivity contribution in [3.05, 3.63) is 41.6 Å². The van der Waals surface area contributed by atoms with Gasteiger partial charge in [0.2, 0.25) is 5.76 Å². The molecule has 0 unspecified atom stereocenters. The molecule has 0 spiro atoms. The van der Waals surface area contributed by atoms with E-state index >= 15 is 0 Å². The summed E-state index contributed by atoms with van der Waals surface area (Å²) in [5, 5.41) is 15.3. The number of aromatic carboxylic acids is 1. The molecule has 0 aliphatic carbocycles. The van der Waals surface area contributed by atoms with E-state index in [-0.39, 0.29) is 11.5 Å². The third kappa shape index (κ3) is 3.21. The molecule has 0 aliphatic rings. The van der Waals surface area contributed by atoms with E-state index < -0.39 is 11.9 Å². The molecule has 0 radical (unpaired) electrons. The predicted octanol–water partition coefficient (Wildman–Crippen LogP) is 0.684. The van der Waals surface area contributed by atoms with Gasteiger partial charge in [-0.2, -0.15) is 5.10 Å². The van der Waals surface area contributed by atoms with Crippen LogP contribution in [0.3, 0.4) is 0 Å². The summed E-state index contributed by atoms with van der Waals surface area (Å²) in [5.41, 5.74) is 1.01. The molecule has 0 saturated carbocycles. The van der Waals surface area contributed by atoms with E-state index in [1.807, 2.05) is 13.2 Å². The minimum Gasteiger partial charge on any atom is -0.475 e. The van der Waals surface area contributed by atoms with Gasteiger partial charge in [-0.25, -0.2) is 4.79 Å². The highest BCUT2D eigenvalue weighted by molar-refractivity contribution is 5.93. The number of hydrogen-bond donors (Lipinski definition) is 2. The second kappa shape index (κ2) is 5.38. The van der Waals surface area contributed by atoms with Crippen molar-refractivity contribution in [3.8, 4) is 0 Å². The Bertz CT molecular complexity index is 600. The number of aryl methyl sites for hydroxylation is 1. The number of nitrogens with zero attached hydrogens (tertiary/aromatic N) is 2. The molecule has 100 valence electrons. The van der Waals surface area contributed by atoms with E-state index in [9.17, 15) is 9.59 Å². The van der Waals surface area contributed by atoms with Gasteiger partial charge in [0.1, 0.15) is 0 Å². The Morgan fingerprint density at radius 3 is 2.74 bits per heavy atom. The van der Waals surface area contributed by atoms with Gasteiger partial charge in [0.15, 0.2) is 5.76 Å². The Kier molecular flexibility index (Phi) is 3.65. The van der Waals surface area contributed by atoms with Crippen LogP contribution in [0.1, 0.15) is 26.7 Å². The number of rotatable bonds is 5. The molecule has 2 aromatic heterocycles. The van der Waals surface area contributed by atoms with E-state index in [1.165, 1.54) is 12.1 Å². The fraction of sp³-hybridized carbons (Fsp3) is 0.250. The molecular weight excluding hydrogens is 250 g/mol. The Labute approximate surface area is 108 Å². The van der Waals surface area contributed by atoms with Crippen LogP contribution in [0.5, 0.6) is 0 Å². The van der Waals surface area contributed by atoms with Crippen molar-refractivity contribution < 1.29 is 19.1 Å². The molecule has 0 fully saturated rings. The monoisotopic (exact) mass is 263 g/mol. The van der Waals surface area contributed by atoms with Gasteiger partial charge in [-0.05, 0) is 24.1 Å². The number of carboxylic acid groups (broad SMARTS) is 1. The largest absolute Gasteiger partial charge is 0.475 e. The number of furan rings is 1. The van der Waals surface area contributed by atoms with Crippen LogP contribution in [0.4, 0.5) is 0 Å². The quantitative estimate of drug-likeness (QED) is 0.826. The van der Waals surface area contributed by atoms with Crippen LogP contribution in [0, 0.1) is 0 Å². The molecule has 19 heavy (non-hydrogen) atoms. The van der Waals surface area contributed by atoms with Gasteiger partial charge >= 0.3 is 5.97 Å². The van der Waals surface area contributed by atoms with Gasteiger partial charge in [0, 0.05) is 19.8 Å². The SMILES string of the molecule is Cn1cc(CCNC(=O)c2ccc(C(=O)O)o2)cn1. The Hall–Kier alpha value is -2.57. The number of hydrogen-bond acceptors (Lipinski definition) is 4. The number of nitrogens with one attached hydrogen (secondary N) is 1. The van der Waals surface area contributed by atoms with Crippen LogP contribution in [-0.4, -0.2) is 33.3 Å². The molecule has 7 nitrogen and oxygen atoms in total. The van der Waals surface area contributed by atoms with Crippen molar-refractivity contribution >= 4 is 11.9 Å². The number of amides is 1. The summed E-state index contributed by atoms with van der Waals surface area (Å²) in [6.45, 7) is 0.424. The lowest BCUT2D eigenvalue weighted by molar-refractivity contribution is 0.0659. The van der Waals surface area contributed by atoms with Crippen LogP contribution in [0.25, 0.3) is 0 Å². The molecule has 0 aliphatic heterocycles. The first-order chi connectivity index (χ1) is 9.06. The van der Waals surface area contributed by atoms with Gasteiger partial charge in [-0.1, -0.05) is 0 Å². The van der Waals surface area contributed by atoms with Gasteiger partial charge < -0.3 is 14.8 Å². The second-order valence-corrected chi connectivity index (χ2v) is 4.00. The van der Waals surface area contributed by atoms with Gasteiger partial charge in [0.25, 0.3) is 5.91 Å². The smallest absolute Gasteiger partial charge is 0.371 e. The van der Waals surface area contributed by atoms with E-state index in [2.05, 4.69) is 10.4 Å². The summed E-state index contributed by atoms with van der Waals surface area (Å²) in [5.74, 6) is -1.90. The fourth-order valence-corrected chi connectivity index (χ4v) is 1.58. The topological polar surface area (TPSA) is 97.4 Å². The van der Waals surface area contributed by atoms with Crippen molar-refractivity contribution in [1.82, 2.24) is 15.1 Å². The molecular formula is C12H13N3O4. The standard InChI is InChI=1S/C12H13N3O4/c1-15-7-8(6-14-15)4-5-13-11(16)9-2-3-10(19-9)12(17)18/h2-3,6-7H,4-5H2,1H3,(H,13,16)(H,17,18). The minimum atomic E-state index is -1.20. The molecule has 7 heteroatoms. The first kappa shape index (κ1) is 12.9. The van der Waals surface area contributed by atoms with E-state index in [0.29, 0.717) is 13.0 Å². The van der Waals surface area contributed by atoms with E-state index in [4.69, 9.17) is 9.52 Å². The Balaban J connectivity index is 1.85. The summed E-state index contributed by atoms with van der Waals surface area (Å²) in [7, 11) is 1.82. The predicted molar refractivity (Wildman–Crippen MR) is 64.9 cm³/mol. The van der Waals surface area contributed by atoms with Crippen molar-refractivity contribution in [2.24, 2.45) is 7.05 Å². The molecule has 2 heterocycles. The van der Waals surface area contributed by atoms with Gasteiger partial charge in [-0.15, -0.1) is 0 Å². The lowest BCUT2D eigenvalue weighted by Crippen LogP contribution is -2.25. The van der Waals surface area contributed by atoms with E-state index in [1.54, 1.807) is 10.9 Å². The highest BCUT2D eigenvalue weighted by Gasteiger charge is 2.14. The number of carbonyl (C=O) groups excluding carboxylic acids is 1. The average molecular weight is 263 g/mol. The van der Waals surface area contributed by atoms with Crippen LogP contribution in [0.15, 0.2) is 28.9 Å². The zero-order valence-electron chi connectivity index (χ0n) is 10.3. The fourth-order valence-electron chi connectivity index (χ4n) is 1.58. The second-order valence-electron chi connectivity index (χ2n) is 4.00. The molecule has 2 aromatic rings. The molecule has 0 atom stereocenters. The molecule has 1 amide bonds. The zero-order chi connectivity index (χ0) is 13.8.